The summed E-state index contributed by atoms with van der Waals surface area (Å²) in [5.74, 6) is 0.199. The molecule has 2 heterocycles. The maximum atomic E-state index is 13.7. The van der Waals surface area contributed by atoms with Gasteiger partial charge in [-0.25, -0.2) is 4.99 Å². The normalized spacial score (nSPS) is 14.9. The summed E-state index contributed by atoms with van der Waals surface area (Å²) < 4.78 is 44.6. The highest BCUT2D eigenvalue weighted by Gasteiger charge is 2.31. The van der Waals surface area contributed by atoms with Gasteiger partial charge >= 0.3 is 6.18 Å². The first-order valence-electron chi connectivity index (χ1n) is 13.8. The molecule has 2 aromatic heterocycles. The molecule has 12 heteroatoms. The number of halogens is 3. The molecule has 6 rings (SSSR count). The zero-order valence-corrected chi connectivity index (χ0v) is 22.9. The van der Waals surface area contributed by atoms with Crippen LogP contribution in [-0.2, 0) is 19.8 Å². The van der Waals surface area contributed by atoms with Gasteiger partial charge in [-0.2, -0.15) is 18.4 Å². The molecule has 0 spiro atoms. The summed E-state index contributed by atoms with van der Waals surface area (Å²) in [7, 11) is 1.80. The van der Waals surface area contributed by atoms with E-state index in [2.05, 4.69) is 38.1 Å². The molecule has 1 saturated carbocycles. The Labute approximate surface area is 239 Å². The molecule has 1 aliphatic rings. The number of rotatable bonds is 6. The van der Waals surface area contributed by atoms with Crippen molar-refractivity contribution >= 4 is 28.6 Å². The van der Waals surface area contributed by atoms with E-state index in [1.165, 1.54) is 43.7 Å². The van der Waals surface area contributed by atoms with Gasteiger partial charge in [0, 0.05) is 12.6 Å². The summed E-state index contributed by atoms with van der Waals surface area (Å²) in [5, 5.41) is 15.6. The number of aryl methyl sites for hydroxylation is 1. The minimum atomic E-state index is -4.48. The number of fused-ring (bicyclic) bond motifs is 1. The van der Waals surface area contributed by atoms with Gasteiger partial charge in [0.15, 0.2) is 0 Å². The molecule has 216 valence electrons. The third kappa shape index (κ3) is 5.69. The maximum absolute atomic E-state index is 13.7. The van der Waals surface area contributed by atoms with Gasteiger partial charge in [-0.1, -0.05) is 48.6 Å². The predicted molar refractivity (Wildman–Crippen MR) is 151 cm³/mol. The topological polar surface area (TPSA) is 106 Å². The second kappa shape index (κ2) is 11.3. The number of aromatic amines is 1. The zero-order valence-electron chi connectivity index (χ0n) is 22.9. The van der Waals surface area contributed by atoms with Crippen LogP contribution >= 0.6 is 0 Å². The Morgan fingerprint density at radius 1 is 1.00 bits per heavy atom. The first kappa shape index (κ1) is 27.4. The SMILES string of the molecule is Cn1c(=Nc2ccc(C3CCCCC3)cc2)n(Cc2ccc(C(=O)Nc3nn[nH]n3)cc2)c2cc(C(F)(F)F)ccc21. The Balaban J connectivity index is 1.37. The number of hydrogen-bond acceptors (Lipinski definition) is 5. The van der Waals surface area contributed by atoms with Gasteiger partial charge in [0.1, 0.15) is 0 Å². The van der Waals surface area contributed by atoms with E-state index in [1.54, 1.807) is 40.4 Å². The highest BCUT2D eigenvalue weighted by atomic mass is 19.4. The van der Waals surface area contributed by atoms with Gasteiger partial charge < -0.3 is 9.13 Å². The molecular formula is C30H29F3N8O. The summed E-state index contributed by atoms with van der Waals surface area (Å²) in [6.45, 7) is 0.240. The van der Waals surface area contributed by atoms with Crippen molar-refractivity contribution in [2.45, 2.75) is 50.7 Å². The fraction of sp³-hybridized carbons (Fsp3) is 0.300. The van der Waals surface area contributed by atoms with E-state index < -0.39 is 17.6 Å². The summed E-state index contributed by atoms with van der Waals surface area (Å²) in [6.07, 6.45) is 1.69. The van der Waals surface area contributed by atoms with Crippen molar-refractivity contribution in [2.24, 2.45) is 12.0 Å². The molecule has 2 N–H and O–H groups in total. The molecule has 0 bridgehead atoms. The summed E-state index contributed by atoms with van der Waals surface area (Å²) >= 11 is 0. The molecule has 1 aliphatic carbocycles. The molecule has 3 aromatic carbocycles. The van der Waals surface area contributed by atoms with Gasteiger partial charge in [0.25, 0.3) is 11.9 Å². The smallest absolute Gasteiger partial charge is 0.313 e. The Hall–Kier alpha value is -4.74. The third-order valence-corrected chi connectivity index (χ3v) is 7.82. The third-order valence-electron chi connectivity index (χ3n) is 7.82. The van der Waals surface area contributed by atoms with Gasteiger partial charge in [-0.15, -0.1) is 5.10 Å². The highest BCUT2D eigenvalue weighted by molar-refractivity contribution is 6.03. The Morgan fingerprint density at radius 2 is 1.74 bits per heavy atom. The molecule has 0 saturated heterocycles. The van der Waals surface area contributed by atoms with Crippen LogP contribution in [0.2, 0.25) is 0 Å². The summed E-state index contributed by atoms with van der Waals surface area (Å²) in [4.78, 5) is 17.4. The number of benzene rings is 3. The van der Waals surface area contributed by atoms with Crippen LogP contribution in [0.1, 0.15) is 65.1 Å². The predicted octanol–water partition coefficient (Wildman–Crippen LogP) is 6.09. The molecule has 0 unspecified atom stereocenters. The van der Waals surface area contributed by atoms with Crippen LogP contribution in [0.5, 0.6) is 0 Å². The van der Waals surface area contributed by atoms with E-state index in [1.807, 2.05) is 12.1 Å². The van der Waals surface area contributed by atoms with Crippen molar-refractivity contribution in [2.75, 3.05) is 5.32 Å². The van der Waals surface area contributed by atoms with Gasteiger partial charge in [-0.05, 0) is 77.6 Å². The van der Waals surface area contributed by atoms with E-state index in [4.69, 9.17) is 4.99 Å². The Kier molecular flexibility index (Phi) is 7.36. The second-order valence-corrected chi connectivity index (χ2v) is 10.6. The van der Waals surface area contributed by atoms with Crippen LogP contribution in [0.3, 0.4) is 0 Å². The molecule has 0 atom stereocenters. The van der Waals surface area contributed by atoms with Crippen LogP contribution in [0.4, 0.5) is 24.8 Å². The molecule has 5 aromatic rings. The minimum Gasteiger partial charge on any atom is -0.313 e. The fourth-order valence-electron chi connectivity index (χ4n) is 5.59. The largest absolute Gasteiger partial charge is 0.416 e. The first-order chi connectivity index (χ1) is 20.3. The van der Waals surface area contributed by atoms with E-state index >= 15 is 0 Å². The average molecular weight is 575 g/mol. The van der Waals surface area contributed by atoms with E-state index in [0.29, 0.717) is 28.1 Å². The molecule has 42 heavy (non-hydrogen) atoms. The van der Waals surface area contributed by atoms with Crippen LogP contribution in [0, 0.1) is 0 Å². The Bertz CT molecular complexity index is 1760. The number of imidazole rings is 1. The monoisotopic (exact) mass is 574 g/mol. The number of nitrogens with one attached hydrogen (secondary N) is 2. The molecule has 1 fully saturated rings. The molecule has 0 radical (unpaired) electrons. The van der Waals surface area contributed by atoms with Crippen molar-refractivity contribution in [3.63, 3.8) is 0 Å². The van der Waals surface area contributed by atoms with E-state index in [0.717, 1.165) is 23.4 Å². The quantitative estimate of drug-likeness (QED) is 0.256. The summed E-state index contributed by atoms with van der Waals surface area (Å²) in [6, 6.07) is 18.7. The first-order valence-corrected chi connectivity index (χ1v) is 13.8. The number of hydrogen-bond donors (Lipinski definition) is 2. The number of H-pyrrole nitrogens is 1. The van der Waals surface area contributed by atoms with E-state index in [9.17, 15) is 18.0 Å². The zero-order chi connectivity index (χ0) is 29.3. The number of alkyl halides is 3. The number of tetrazole rings is 1. The molecule has 1 amide bonds. The van der Waals surface area contributed by atoms with Crippen molar-refractivity contribution in [3.8, 4) is 0 Å². The lowest BCUT2D eigenvalue weighted by Crippen LogP contribution is -2.24. The lowest BCUT2D eigenvalue weighted by molar-refractivity contribution is -0.137. The van der Waals surface area contributed by atoms with Crippen LogP contribution in [0.25, 0.3) is 11.0 Å². The molecular weight excluding hydrogens is 545 g/mol. The maximum Gasteiger partial charge on any atom is 0.416 e. The van der Waals surface area contributed by atoms with E-state index in [-0.39, 0.29) is 12.5 Å². The van der Waals surface area contributed by atoms with Crippen LogP contribution in [0.15, 0.2) is 71.7 Å². The summed E-state index contributed by atoms with van der Waals surface area (Å²) in [5.41, 5.74) is 3.98. The molecule has 9 nitrogen and oxygen atoms in total. The van der Waals surface area contributed by atoms with Crippen molar-refractivity contribution in [1.29, 1.82) is 0 Å². The minimum absolute atomic E-state index is 0.0499. The lowest BCUT2D eigenvalue weighted by Gasteiger charge is -2.21. The van der Waals surface area contributed by atoms with Crippen molar-refractivity contribution in [1.82, 2.24) is 29.8 Å². The number of nitrogens with zero attached hydrogens (tertiary/aromatic N) is 6. The van der Waals surface area contributed by atoms with Gasteiger partial charge in [-0.3, -0.25) is 10.1 Å². The average Bonchev–Trinajstić information content (AvgIpc) is 3.60. The lowest BCUT2D eigenvalue weighted by atomic mass is 9.84. The number of carbonyl (C=O) groups is 1. The standard InChI is InChI=1S/C30H29F3N8O/c1-40-25-16-13-23(30(31,32)33)17-26(25)41(18-19-7-9-22(10-8-19)27(42)35-28-36-38-39-37-28)29(40)34-24-14-11-21(12-15-24)20-5-3-2-4-6-20/h7-17,20H,2-6,18H2,1H3,(H2,35,36,37,38,39,42). The number of aromatic nitrogens is 6. The van der Waals surface area contributed by atoms with Crippen LogP contribution < -0.4 is 10.9 Å². The Morgan fingerprint density at radius 3 is 2.40 bits per heavy atom. The highest BCUT2D eigenvalue weighted by Crippen LogP contribution is 2.34. The van der Waals surface area contributed by atoms with Crippen molar-refractivity contribution in [3.05, 3.63) is 94.6 Å². The van der Waals surface area contributed by atoms with Crippen LogP contribution in [-0.4, -0.2) is 35.7 Å². The van der Waals surface area contributed by atoms with Crippen molar-refractivity contribution < 1.29 is 18.0 Å². The molecule has 0 aliphatic heterocycles. The number of carbonyl (C=O) groups excluding carboxylic acids is 1. The number of amides is 1. The van der Waals surface area contributed by atoms with Gasteiger partial charge in [0.2, 0.25) is 5.62 Å². The van der Waals surface area contributed by atoms with Gasteiger partial charge in [0.05, 0.1) is 28.8 Å². The second-order valence-electron chi connectivity index (χ2n) is 10.6. The fourth-order valence-corrected chi connectivity index (χ4v) is 5.59. The number of anilines is 1.